The Kier molecular flexibility index (Phi) is 11.7. The number of alkyl halides is 2. The summed E-state index contributed by atoms with van der Waals surface area (Å²) in [5, 5.41) is 0.609. The summed E-state index contributed by atoms with van der Waals surface area (Å²) in [6.07, 6.45) is 3.49. The highest BCUT2D eigenvalue weighted by atomic mass is 35.5. The van der Waals surface area contributed by atoms with E-state index in [0.29, 0.717) is 45.9 Å². The lowest BCUT2D eigenvalue weighted by molar-refractivity contribution is -0.0515. The third-order valence-corrected chi connectivity index (χ3v) is 7.23. The first-order chi connectivity index (χ1) is 19.6. The van der Waals surface area contributed by atoms with Gasteiger partial charge >= 0.3 is 12.7 Å². The Balaban J connectivity index is 2.00. The van der Waals surface area contributed by atoms with Crippen LogP contribution in [0, 0.1) is 5.92 Å². The van der Waals surface area contributed by atoms with Crippen molar-refractivity contribution in [2.75, 3.05) is 32.8 Å². The van der Waals surface area contributed by atoms with Gasteiger partial charge in [-0.15, -0.1) is 0 Å². The molecule has 3 rings (SSSR count). The van der Waals surface area contributed by atoms with Crippen LogP contribution in [0.1, 0.15) is 37.9 Å². The Morgan fingerprint density at radius 2 is 1.76 bits per heavy atom. The number of ether oxygens (including phenoxy) is 5. The lowest BCUT2D eigenvalue weighted by atomic mass is 9.99. The molecule has 2 aromatic carbocycles. The van der Waals surface area contributed by atoms with Crippen LogP contribution in [0.2, 0.25) is 0 Å². The van der Waals surface area contributed by atoms with Crippen molar-refractivity contribution in [3.05, 3.63) is 76.3 Å². The van der Waals surface area contributed by atoms with Gasteiger partial charge in [-0.25, -0.2) is 4.79 Å². The van der Waals surface area contributed by atoms with Gasteiger partial charge in [0, 0.05) is 29.6 Å². The summed E-state index contributed by atoms with van der Waals surface area (Å²) < 4.78 is 53.3. The van der Waals surface area contributed by atoms with Gasteiger partial charge in [0.1, 0.15) is 6.10 Å². The second kappa shape index (κ2) is 15.0. The molecule has 1 aliphatic rings. The smallest absolute Gasteiger partial charge is 0.414 e. The van der Waals surface area contributed by atoms with E-state index in [1.807, 2.05) is 0 Å². The van der Waals surface area contributed by atoms with Crippen molar-refractivity contribution in [2.24, 2.45) is 5.92 Å². The molecule has 2 aromatic rings. The van der Waals surface area contributed by atoms with E-state index in [0.717, 1.165) is 12.8 Å². The molecule has 1 aliphatic carbocycles. The molecule has 0 aliphatic heterocycles. The molecule has 0 N–H and O–H groups in total. The molecule has 1 atom stereocenters. The van der Waals surface area contributed by atoms with Gasteiger partial charge in [-0.2, -0.15) is 8.78 Å². The van der Waals surface area contributed by atoms with E-state index in [1.165, 1.54) is 50.4 Å². The first-order valence-corrected chi connectivity index (χ1v) is 13.6. The standard InChI is InChI=1S/C30H33Cl2F2NO6/c1-6-22(31)21(23(32)7-2)16-26(41-30(36)35(3)20-11-13-24(37-4)27(15-20)38-5)19-10-12-25(40-29(33)34)28(14-19)39-17-18-8-9-18/h6-7,10-15,18,26,29H,1,8-9,16-17H2,2-5H3/b22-21+,23-7+/t26-/m0/s1. The summed E-state index contributed by atoms with van der Waals surface area (Å²) in [7, 11) is 4.54. The van der Waals surface area contributed by atoms with E-state index in [-0.39, 0.29) is 23.0 Å². The van der Waals surface area contributed by atoms with Crippen LogP contribution in [-0.2, 0) is 4.74 Å². The van der Waals surface area contributed by atoms with Crippen molar-refractivity contribution in [2.45, 2.75) is 38.9 Å². The fraction of sp³-hybridized carbons (Fsp3) is 0.367. The highest BCUT2D eigenvalue weighted by Crippen LogP contribution is 2.40. The third kappa shape index (κ3) is 8.78. The van der Waals surface area contributed by atoms with Gasteiger partial charge in [0.05, 0.1) is 26.5 Å². The number of methoxy groups -OCH3 is 2. The quantitative estimate of drug-likeness (QED) is 0.199. The van der Waals surface area contributed by atoms with E-state index >= 15 is 0 Å². The number of carbonyl (C=O) groups excluding carboxylic acids is 1. The maximum Gasteiger partial charge on any atom is 0.414 e. The number of carbonyl (C=O) groups is 1. The van der Waals surface area contributed by atoms with E-state index in [9.17, 15) is 13.6 Å². The molecule has 222 valence electrons. The van der Waals surface area contributed by atoms with Crippen LogP contribution in [0.5, 0.6) is 23.0 Å². The molecular weight excluding hydrogens is 579 g/mol. The number of hydrogen-bond acceptors (Lipinski definition) is 6. The van der Waals surface area contributed by atoms with E-state index in [2.05, 4.69) is 11.3 Å². The normalized spacial score (nSPS) is 14.6. The van der Waals surface area contributed by atoms with Crippen LogP contribution in [0.3, 0.4) is 0 Å². The fourth-order valence-electron chi connectivity index (χ4n) is 3.88. The van der Waals surface area contributed by atoms with Crippen molar-refractivity contribution in [3.8, 4) is 23.0 Å². The summed E-state index contributed by atoms with van der Waals surface area (Å²) in [6, 6.07) is 9.38. The maximum absolute atomic E-state index is 13.4. The lowest BCUT2D eigenvalue weighted by Gasteiger charge is -2.25. The molecule has 0 spiro atoms. The summed E-state index contributed by atoms with van der Waals surface area (Å²) in [4.78, 5) is 14.7. The maximum atomic E-state index is 13.4. The first kappa shape index (κ1) is 32.1. The predicted octanol–water partition coefficient (Wildman–Crippen LogP) is 8.62. The SMILES string of the molecule is C=C/C(Cl)=C(C[C@H](OC(=O)N(C)c1ccc(OC)c(OC)c1)c1ccc(OC(F)F)c(OCC2CC2)c1)\C(Cl)=C/C. The second-order valence-electron chi connectivity index (χ2n) is 9.18. The van der Waals surface area contributed by atoms with Crippen LogP contribution in [-0.4, -0.2) is 40.6 Å². The van der Waals surface area contributed by atoms with Crippen molar-refractivity contribution in [1.29, 1.82) is 0 Å². The Morgan fingerprint density at radius 1 is 1.07 bits per heavy atom. The van der Waals surface area contributed by atoms with E-state index in [1.54, 1.807) is 31.2 Å². The minimum Gasteiger partial charge on any atom is -0.493 e. The third-order valence-electron chi connectivity index (χ3n) is 6.40. The molecule has 0 bridgehead atoms. The molecule has 0 aromatic heterocycles. The Morgan fingerprint density at radius 3 is 2.34 bits per heavy atom. The first-order valence-electron chi connectivity index (χ1n) is 12.8. The highest BCUT2D eigenvalue weighted by Gasteiger charge is 2.27. The Hall–Kier alpha value is -3.43. The number of nitrogens with zero attached hydrogens (tertiary/aromatic N) is 1. The van der Waals surface area contributed by atoms with Gasteiger partial charge in [-0.1, -0.05) is 48.0 Å². The average molecular weight is 612 g/mol. The number of hydrogen-bond donors (Lipinski definition) is 0. The van der Waals surface area contributed by atoms with E-state index in [4.69, 9.17) is 42.1 Å². The minimum atomic E-state index is -3.04. The molecular formula is C30H33Cl2F2NO6. The van der Waals surface area contributed by atoms with Gasteiger partial charge < -0.3 is 23.7 Å². The van der Waals surface area contributed by atoms with Crippen molar-refractivity contribution >= 4 is 35.0 Å². The van der Waals surface area contributed by atoms with Crippen LogP contribution in [0.25, 0.3) is 0 Å². The van der Waals surface area contributed by atoms with Gasteiger partial charge in [0.2, 0.25) is 0 Å². The molecule has 1 amide bonds. The minimum absolute atomic E-state index is 0.0522. The topological polar surface area (TPSA) is 66.5 Å². The Labute approximate surface area is 248 Å². The zero-order valence-electron chi connectivity index (χ0n) is 23.3. The number of halogens is 4. The summed E-state index contributed by atoms with van der Waals surface area (Å²) in [6.45, 7) is 2.77. The van der Waals surface area contributed by atoms with Crippen LogP contribution >= 0.6 is 23.2 Å². The largest absolute Gasteiger partial charge is 0.493 e. The molecule has 11 heteroatoms. The number of benzene rings is 2. The number of anilines is 1. The number of allylic oxidation sites excluding steroid dienone is 4. The van der Waals surface area contributed by atoms with Crippen LogP contribution < -0.4 is 23.8 Å². The molecule has 41 heavy (non-hydrogen) atoms. The van der Waals surface area contributed by atoms with Gasteiger partial charge in [-0.3, -0.25) is 4.90 Å². The van der Waals surface area contributed by atoms with Gasteiger partial charge in [0.15, 0.2) is 23.0 Å². The molecule has 0 radical (unpaired) electrons. The molecule has 7 nitrogen and oxygen atoms in total. The zero-order chi connectivity index (χ0) is 30.1. The average Bonchev–Trinajstić information content (AvgIpc) is 3.81. The molecule has 1 saturated carbocycles. The highest BCUT2D eigenvalue weighted by molar-refractivity contribution is 6.36. The molecule has 0 unspecified atom stereocenters. The predicted molar refractivity (Wildman–Crippen MR) is 156 cm³/mol. The van der Waals surface area contributed by atoms with Crippen molar-refractivity contribution in [3.63, 3.8) is 0 Å². The molecule has 1 fully saturated rings. The van der Waals surface area contributed by atoms with Crippen molar-refractivity contribution in [1.82, 2.24) is 0 Å². The van der Waals surface area contributed by atoms with Crippen molar-refractivity contribution < 1.29 is 37.3 Å². The summed E-state index contributed by atoms with van der Waals surface area (Å²) in [5.41, 5.74) is 1.41. The summed E-state index contributed by atoms with van der Waals surface area (Å²) >= 11 is 12.9. The lowest BCUT2D eigenvalue weighted by Crippen LogP contribution is -2.29. The van der Waals surface area contributed by atoms with Crippen LogP contribution in [0.15, 0.2) is 70.8 Å². The van der Waals surface area contributed by atoms with E-state index < -0.39 is 18.8 Å². The van der Waals surface area contributed by atoms with Gasteiger partial charge in [0.25, 0.3) is 0 Å². The summed E-state index contributed by atoms with van der Waals surface area (Å²) in [5.74, 6) is 1.27. The van der Waals surface area contributed by atoms with Gasteiger partial charge in [-0.05, 0) is 61.1 Å². The van der Waals surface area contributed by atoms with Crippen LogP contribution in [0.4, 0.5) is 19.3 Å². The Bertz CT molecular complexity index is 1300. The second-order valence-corrected chi connectivity index (χ2v) is 10.00. The molecule has 0 heterocycles. The molecule has 0 saturated heterocycles. The zero-order valence-corrected chi connectivity index (χ0v) is 24.8. The number of amides is 1. The fourth-order valence-corrected chi connectivity index (χ4v) is 4.29. The monoisotopic (exact) mass is 611 g/mol. The number of rotatable bonds is 14.